The van der Waals surface area contributed by atoms with Crippen LogP contribution >= 0.6 is 0 Å². The van der Waals surface area contributed by atoms with Crippen LogP contribution in [0.4, 0.5) is 10.1 Å². The van der Waals surface area contributed by atoms with E-state index in [2.05, 4.69) is 4.90 Å². The number of rotatable bonds is 4. The summed E-state index contributed by atoms with van der Waals surface area (Å²) < 4.78 is 19.1. The van der Waals surface area contributed by atoms with Gasteiger partial charge >= 0.3 is 0 Å². The second kappa shape index (κ2) is 7.67. The number of nitro benzene ring substituents is 1. The number of halogens is 1. The summed E-state index contributed by atoms with van der Waals surface area (Å²) >= 11 is 0. The van der Waals surface area contributed by atoms with Crippen molar-refractivity contribution >= 4 is 11.6 Å². The van der Waals surface area contributed by atoms with Crippen LogP contribution in [-0.4, -0.2) is 59.5 Å². The molecule has 8 heteroatoms. The summed E-state index contributed by atoms with van der Waals surface area (Å²) in [5.74, 6) is -0.496. The first-order valence-corrected chi connectivity index (χ1v) is 8.90. The van der Waals surface area contributed by atoms with Crippen LogP contribution in [0.25, 0.3) is 0 Å². The SMILES string of the molecule is Cc1c(CN2CCN(C(=O)C3CCOC3)C(C)C2)cc(F)cc1[N+](=O)[O-]. The largest absolute Gasteiger partial charge is 0.381 e. The second-order valence-electron chi connectivity index (χ2n) is 7.14. The third kappa shape index (κ3) is 3.86. The monoisotopic (exact) mass is 365 g/mol. The van der Waals surface area contributed by atoms with E-state index in [1.54, 1.807) is 6.92 Å². The third-order valence-corrected chi connectivity index (χ3v) is 5.32. The highest BCUT2D eigenvalue weighted by Gasteiger charge is 2.33. The van der Waals surface area contributed by atoms with E-state index in [0.29, 0.717) is 50.5 Å². The number of hydrogen-bond acceptors (Lipinski definition) is 5. The fourth-order valence-electron chi connectivity index (χ4n) is 3.78. The predicted molar refractivity (Wildman–Crippen MR) is 93.2 cm³/mol. The maximum atomic E-state index is 13.8. The minimum Gasteiger partial charge on any atom is -0.381 e. The first kappa shape index (κ1) is 18.7. The van der Waals surface area contributed by atoms with Crippen LogP contribution < -0.4 is 0 Å². The van der Waals surface area contributed by atoms with Crippen LogP contribution in [0, 0.1) is 28.8 Å². The number of amides is 1. The summed E-state index contributed by atoms with van der Waals surface area (Å²) in [6.45, 7) is 7.14. The van der Waals surface area contributed by atoms with Crippen LogP contribution in [0.5, 0.6) is 0 Å². The normalized spacial score (nSPS) is 24.0. The van der Waals surface area contributed by atoms with Crippen LogP contribution in [0.15, 0.2) is 12.1 Å². The molecule has 0 aliphatic carbocycles. The highest BCUT2D eigenvalue weighted by molar-refractivity contribution is 5.79. The van der Waals surface area contributed by atoms with Crippen molar-refractivity contribution in [3.63, 3.8) is 0 Å². The van der Waals surface area contributed by atoms with Gasteiger partial charge in [0.1, 0.15) is 5.82 Å². The van der Waals surface area contributed by atoms with Gasteiger partial charge in [0.25, 0.3) is 5.69 Å². The highest BCUT2D eigenvalue weighted by atomic mass is 19.1. The number of carbonyl (C=O) groups excluding carboxylic acids is 1. The van der Waals surface area contributed by atoms with Crippen LogP contribution in [0.3, 0.4) is 0 Å². The molecule has 0 radical (unpaired) electrons. The number of piperazine rings is 1. The Hall–Kier alpha value is -2.06. The molecule has 0 bridgehead atoms. The van der Waals surface area contributed by atoms with Gasteiger partial charge in [-0.3, -0.25) is 19.8 Å². The minimum absolute atomic E-state index is 0.0423. The van der Waals surface area contributed by atoms with Gasteiger partial charge in [0.05, 0.1) is 23.5 Å². The molecule has 2 fully saturated rings. The van der Waals surface area contributed by atoms with Crippen LogP contribution in [0.2, 0.25) is 0 Å². The van der Waals surface area contributed by atoms with E-state index in [9.17, 15) is 19.3 Å². The minimum atomic E-state index is -0.597. The summed E-state index contributed by atoms with van der Waals surface area (Å²) in [5, 5.41) is 11.1. The molecule has 26 heavy (non-hydrogen) atoms. The van der Waals surface area contributed by atoms with Gasteiger partial charge in [-0.1, -0.05) is 0 Å². The molecule has 1 aromatic carbocycles. The van der Waals surface area contributed by atoms with Gasteiger partial charge in [-0.2, -0.15) is 0 Å². The van der Waals surface area contributed by atoms with E-state index in [-0.39, 0.29) is 23.6 Å². The summed E-state index contributed by atoms with van der Waals surface area (Å²) in [7, 11) is 0. The van der Waals surface area contributed by atoms with Gasteiger partial charge in [-0.15, -0.1) is 0 Å². The van der Waals surface area contributed by atoms with Crippen molar-refractivity contribution in [3.8, 4) is 0 Å². The molecule has 1 aromatic rings. The molecule has 0 spiro atoms. The molecule has 2 unspecified atom stereocenters. The van der Waals surface area contributed by atoms with E-state index >= 15 is 0 Å². The van der Waals surface area contributed by atoms with Crippen molar-refractivity contribution in [1.82, 2.24) is 9.80 Å². The lowest BCUT2D eigenvalue weighted by Gasteiger charge is -2.41. The van der Waals surface area contributed by atoms with E-state index in [0.717, 1.165) is 12.5 Å². The Kier molecular flexibility index (Phi) is 5.52. The number of ether oxygens (including phenoxy) is 1. The van der Waals surface area contributed by atoms with E-state index < -0.39 is 10.7 Å². The molecule has 2 aliphatic rings. The van der Waals surface area contributed by atoms with Crippen LogP contribution in [-0.2, 0) is 16.1 Å². The number of carbonyl (C=O) groups is 1. The van der Waals surface area contributed by atoms with E-state index in [1.165, 1.54) is 6.07 Å². The molecule has 2 heterocycles. The van der Waals surface area contributed by atoms with Crippen molar-refractivity contribution in [3.05, 3.63) is 39.2 Å². The summed E-state index contributed by atoms with van der Waals surface area (Å²) in [6.07, 6.45) is 0.776. The molecule has 0 saturated carbocycles. The lowest BCUT2D eigenvalue weighted by atomic mass is 10.0. The summed E-state index contributed by atoms with van der Waals surface area (Å²) in [5.41, 5.74) is 0.918. The van der Waals surface area contributed by atoms with Gasteiger partial charge in [0.2, 0.25) is 5.91 Å². The number of hydrogen-bond donors (Lipinski definition) is 0. The van der Waals surface area contributed by atoms with Gasteiger partial charge < -0.3 is 9.64 Å². The Labute approximate surface area is 151 Å². The van der Waals surface area contributed by atoms with Crippen molar-refractivity contribution < 1.29 is 18.8 Å². The molecule has 0 N–H and O–H groups in total. The van der Waals surface area contributed by atoms with Crippen LogP contribution in [0.1, 0.15) is 24.5 Å². The Bertz CT molecular complexity index is 706. The first-order valence-electron chi connectivity index (χ1n) is 8.90. The molecule has 0 aromatic heterocycles. The van der Waals surface area contributed by atoms with Gasteiger partial charge in [0, 0.05) is 44.4 Å². The Morgan fingerprint density at radius 3 is 2.81 bits per heavy atom. The topological polar surface area (TPSA) is 75.9 Å². The standard InChI is InChI=1S/C18H24FN3O4/c1-12-9-20(4-5-21(12)18(23)14-3-6-26-11-14)10-15-7-16(19)8-17(13(15)2)22(24)25/h7-8,12,14H,3-6,9-11H2,1-2H3. The molecule has 142 valence electrons. The molecular formula is C18H24FN3O4. The smallest absolute Gasteiger partial charge is 0.275 e. The predicted octanol–water partition coefficient (Wildman–Crippen LogP) is 2.11. The zero-order chi connectivity index (χ0) is 18.8. The molecular weight excluding hydrogens is 341 g/mol. The summed E-state index contributed by atoms with van der Waals surface area (Å²) in [4.78, 5) is 27.1. The van der Waals surface area contributed by atoms with Crippen molar-refractivity contribution in [2.24, 2.45) is 5.92 Å². The highest BCUT2D eigenvalue weighted by Crippen LogP contribution is 2.26. The Morgan fingerprint density at radius 2 is 2.19 bits per heavy atom. The van der Waals surface area contributed by atoms with Crippen molar-refractivity contribution in [1.29, 1.82) is 0 Å². The average Bonchev–Trinajstić information content (AvgIpc) is 3.11. The van der Waals surface area contributed by atoms with Crippen molar-refractivity contribution in [2.45, 2.75) is 32.9 Å². The van der Waals surface area contributed by atoms with Gasteiger partial charge in [-0.25, -0.2) is 4.39 Å². The quantitative estimate of drug-likeness (QED) is 0.603. The average molecular weight is 365 g/mol. The number of nitrogens with zero attached hydrogens (tertiary/aromatic N) is 3. The molecule has 2 atom stereocenters. The maximum Gasteiger partial charge on any atom is 0.275 e. The molecule has 2 aliphatic heterocycles. The van der Waals surface area contributed by atoms with Gasteiger partial charge in [0.15, 0.2) is 0 Å². The molecule has 3 rings (SSSR count). The van der Waals surface area contributed by atoms with E-state index in [4.69, 9.17) is 4.74 Å². The third-order valence-electron chi connectivity index (χ3n) is 5.32. The lowest BCUT2D eigenvalue weighted by molar-refractivity contribution is -0.385. The fourth-order valence-corrected chi connectivity index (χ4v) is 3.78. The molecule has 2 saturated heterocycles. The molecule has 7 nitrogen and oxygen atoms in total. The second-order valence-corrected chi connectivity index (χ2v) is 7.14. The zero-order valence-corrected chi connectivity index (χ0v) is 15.1. The lowest BCUT2D eigenvalue weighted by Crippen LogP contribution is -2.55. The number of benzene rings is 1. The summed E-state index contributed by atoms with van der Waals surface area (Å²) in [6, 6.07) is 2.36. The Balaban J connectivity index is 1.66. The first-order chi connectivity index (χ1) is 12.4. The maximum absolute atomic E-state index is 13.8. The van der Waals surface area contributed by atoms with E-state index in [1.807, 2.05) is 11.8 Å². The zero-order valence-electron chi connectivity index (χ0n) is 15.1. The fraction of sp³-hybridized carbons (Fsp3) is 0.611. The number of nitro groups is 1. The van der Waals surface area contributed by atoms with Crippen molar-refractivity contribution in [2.75, 3.05) is 32.8 Å². The molecule has 1 amide bonds. The Morgan fingerprint density at radius 1 is 1.42 bits per heavy atom. The van der Waals surface area contributed by atoms with Gasteiger partial charge in [-0.05, 0) is 31.9 Å².